The highest BCUT2D eigenvalue weighted by Crippen LogP contribution is 2.32. The molecule has 27 heavy (non-hydrogen) atoms. The highest BCUT2D eigenvalue weighted by atomic mass is 32.2. The third-order valence-electron chi connectivity index (χ3n) is 3.82. The van der Waals surface area contributed by atoms with Crippen LogP contribution >= 0.6 is 11.8 Å². The maximum atomic E-state index is 5.40. The first-order valence-electron chi connectivity index (χ1n) is 8.49. The molecule has 0 fully saturated rings. The van der Waals surface area contributed by atoms with Crippen molar-refractivity contribution in [3.63, 3.8) is 0 Å². The molecule has 0 aliphatic heterocycles. The van der Waals surface area contributed by atoms with Crippen molar-refractivity contribution < 1.29 is 4.52 Å². The maximum absolute atomic E-state index is 5.40. The molecule has 0 aliphatic rings. The van der Waals surface area contributed by atoms with Gasteiger partial charge >= 0.3 is 0 Å². The van der Waals surface area contributed by atoms with E-state index in [1.165, 1.54) is 11.8 Å². The molecule has 7 heteroatoms. The lowest BCUT2D eigenvalue weighted by atomic mass is 10.2. The van der Waals surface area contributed by atoms with Crippen molar-refractivity contribution in [2.75, 3.05) is 0 Å². The van der Waals surface area contributed by atoms with Crippen molar-refractivity contribution in [2.45, 2.75) is 17.3 Å². The Morgan fingerprint density at radius 1 is 0.963 bits per heavy atom. The molecule has 0 saturated carbocycles. The molecular weight excluding hydrogens is 358 g/mol. The summed E-state index contributed by atoms with van der Waals surface area (Å²) < 4.78 is 5.40. The Kier molecular flexibility index (Phi) is 5.11. The zero-order valence-electron chi connectivity index (χ0n) is 14.6. The van der Waals surface area contributed by atoms with Crippen LogP contribution in [0, 0.1) is 0 Å². The first kappa shape index (κ1) is 17.2. The highest BCUT2D eigenvalue weighted by Gasteiger charge is 2.18. The lowest BCUT2D eigenvalue weighted by molar-refractivity contribution is 0.380. The van der Waals surface area contributed by atoms with Gasteiger partial charge in [-0.2, -0.15) is 4.98 Å². The molecule has 1 unspecified atom stereocenters. The normalized spacial score (nSPS) is 12.5. The molecule has 134 valence electrons. The largest absolute Gasteiger partial charge is 0.338 e. The van der Waals surface area contributed by atoms with Crippen LogP contribution < -0.4 is 0 Å². The van der Waals surface area contributed by atoms with Crippen molar-refractivity contribution in [1.29, 1.82) is 0 Å². The fourth-order valence-corrected chi connectivity index (χ4v) is 3.20. The average Bonchev–Trinajstić information content (AvgIpc) is 3.38. The Hall–Kier alpha value is -3.19. The van der Waals surface area contributed by atoms with Crippen molar-refractivity contribution in [3.05, 3.63) is 77.9 Å². The van der Waals surface area contributed by atoms with Crippen molar-refractivity contribution in [2.24, 2.45) is 0 Å². The summed E-state index contributed by atoms with van der Waals surface area (Å²) >= 11 is 1.46. The van der Waals surface area contributed by atoms with Crippen LogP contribution in [0.25, 0.3) is 23.5 Å². The molecule has 1 atom stereocenters. The van der Waals surface area contributed by atoms with Crippen LogP contribution in [0.3, 0.4) is 0 Å². The van der Waals surface area contributed by atoms with Crippen LogP contribution in [0.2, 0.25) is 0 Å². The van der Waals surface area contributed by atoms with Gasteiger partial charge in [0.25, 0.3) is 0 Å². The number of rotatable bonds is 6. The number of aromatic amines is 1. The van der Waals surface area contributed by atoms with Crippen LogP contribution in [0.1, 0.15) is 29.5 Å². The lowest BCUT2D eigenvalue weighted by Gasteiger charge is -2.01. The summed E-state index contributed by atoms with van der Waals surface area (Å²) in [7, 11) is 0. The summed E-state index contributed by atoms with van der Waals surface area (Å²) in [6, 6.07) is 19.8. The van der Waals surface area contributed by atoms with E-state index in [2.05, 4.69) is 25.3 Å². The molecule has 1 N–H and O–H groups in total. The third kappa shape index (κ3) is 4.32. The van der Waals surface area contributed by atoms with Crippen molar-refractivity contribution in [3.8, 4) is 11.4 Å². The second-order valence-corrected chi connectivity index (χ2v) is 7.14. The fourth-order valence-electron chi connectivity index (χ4n) is 2.44. The van der Waals surface area contributed by atoms with Gasteiger partial charge in [-0.1, -0.05) is 83.7 Å². The predicted molar refractivity (Wildman–Crippen MR) is 106 cm³/mol. The maximum Gasteiger partial charge on any atom is 0.240 e. The average molecular weight is 375 g/mol. The van der Waals surface area contributed by atoms with Crippen LogP contribution in [0.4, 0.5) is 0 Å². The summed E-state index contributed by atoms with van der Waals surface area (Å²) in [5.74, 6) is 1.83. The molecule has 0 bridgehead atoms. The molecule has 2 aromatic heterocycles. The summed E-state index contributed by atoms with van der Waals surface area (Å²) in [6.45, 7) is 1.99. The number of nitrogens with zero attached hydrogens (tertiary/aromatic N) is 4. The highest BCUT2D eigenvalue weighted by molar-refractivity contribution is 7.99. The van der Waals surface area contributed by atoms with Gasteiger partial charge < -0.3 is 4.52 Å². The Morgan fingerprint density at radius 2 is 1.70 bits per heavy atom. The molecule has 4 aromatic rings. The molecule has 2 heterocycles. The van der Waals surface area contributed by atoms with Gasteiger partial charge in [0.05, 0.1) is 5.25 Å². The van der Waals surface area contributed by atoms with Crippen molar-refractivity contribution in [1.82, 2.24) is 25.3 Å². The second kappa shape index (κ2) is 8.01. The number of aromatic nitrogens is 5. The van der Waals surface area contributed by atoms with E-state index in [0.717, 1.165) is 11.1 Å². The summed E-state index contributed by atoms with van der Waals surface area (Å²) in [4.78, 5) is 8.96. The number of H-pyrrole nitrogens is 1. The molecule has 0 aliphatic carbocycles. The Bertz CT molecular complexity index is 1030. The van der Waals surface area contributed by atoms with E-state index in [-0.39, 0.29) is 5.25 Å². The van der Waals surface area contributed by atoms with Gasteiger partial charge in [0, 0.05) is 5.56 Å². The minimum absolute atomic E-state index is 0.0586. The van der Waals surface area contributed by atoms with Crippen molar-refractivity contribution >= 4 is 23.9 Å². The molecular formula is C20H17N5OS. The number of benzene rings is 2. The smallest absolute Gasteiger partial charge is 0.240 e. The predicted octanol–water partition coefficient (Wildman–Crippen LogP) is 4.88. The van der Waals surface area contributed by atoms with E-state index >= 15 is 0 Å². The minimum Gasteiger partial charge on any atom is -0.338 e. The van der Waals surface area contributed by atoms with E-state index in [4.69, 9.17) is 4.52 Å². The van der Waals surface area contributed by atoms with Crippen LogP contribution in [0.15, 0.2) is 70.3 Å². The number of thioether (sulfide) groups is 1. The summed E-state index contributed by atoms with van der Waals surface area (Å²) in [5, 5.41) is 11.8. The lowest BCUT2D eigenvalue weighted by Crippen LogP contribution is -1.90. The first-order chi connectivity index (χ1) is 13.3. The SMILES string of the molecule is CC(Sc1n[nH]c(/C=C/c2ccccc2)n1)c1nc(-c2ccccc2)no1. The van der Waals surface area contributed by atoms with Crippen LogP contribution in [-0.4, -0.2) is 25.3 Å². The van der Waals surface area contributed by atoms with E-state index in [1.54, 1.807) is 0 Å². The summed E-state index contributed by atoms with van der Waals surface area (Å²) in [5.41, 5.74) is 2.03. The topological polar surface area (TPSA) is 80.5 Å². The molecule has 6 nitrogen and oxygen atoms in total. The summed E-state index contributed by atoms with van der Waals surface area (Å²) in [6.07, 6.45) is 3.89. The number of hydrogen-bond donors (Lipinski definition) is 1. The quantitative estimate of drug-likeness (QED) is 0.484. The number of hydrogen-bond acceptors (Lipinski definition) is 6. The third-order valence-corrected chi connectivity index (χ3v) is 4.77. The zero-order chi connectivity index (χ0) is 18.5. The second-order valence-electron chi connectivity index (χ2n) is 5.83. The molecule has 0 amide bonds. The van der Waals surface area contributed by atoms with E-state index in [0.29, 0.717) is 22.7 Å². The first-order valence-corrected chi connectivity index (χ1v) is 9.37. The standard InChI is InChI=1S/C20H17N5OS/c1-14(19-22-18(25-26-19)16-10-6-3-7-11-16)27-20-21-17(23-24-20)13-12-15-8-4-2-5-9-15/h2-14H,1H3,(H,21,23,24)/b13-12+. The van der Waals surface area contributed by atoms with Gasteiger partial charge in [-0.05, 0) is 18.6 Å². The van der Waals surface area contributed by atoms with Crippen LogP contribution in [-0.2, 0) is 0 Å². The van der Waals surface area contributed by atoms with Gasteiger partial charge in [-0.15, -0.1) is 5.10 Å². The van der Waals surface area contributed by atoms with Gasteiger partial charge in [0.2, 0.25) is 16.9 Å². The van der Waals surface area contributed by atoms with Gasteiger partial charge in [0.1, 0.15) is 5.82 Å². The van der Waals surface area contributed by atoms with Crippen LogP contribution in [0.5, 0.6) is 0 Å². The molecule has 2 aromatic carbocycles. The minimum atomic E-state index is -0.0586. The zero-order valence-corrected chi connectivity index (χ0v) is 15.4. The van der Waals surface area contributed by atoms with Gasteiger partial charge in [0.15, 0.2) is 0 Å². The van der Waals surface area contributed by atoms with E-state index < -0.39 is 0 Å². The molecule has 0 spiro atoms. The molecule has 0 radical (unpaired) electrons. The molecule has 0 saturated heterocycles. The Balaban J connectivity index is 1.42. The van der Waals surface area contributed by atoms with Gasteiger partial charge in [-0.3, -0.25) is 5.10 Å². The monoisotopic (exact) mass is 375 g/mol. The number of nitrogens with one attached hydrogen (secondary N) is 1. The van der Waals surface area contributed by atoms with E-state index in [1.807, 2.05) is 79.7 Å². The fraction of sp³-hybridized carbons (Fsp3) is 0.100. The Labute approximate surface area is 160 Å². The van der Waals surface area contributed by atoms with Gasteiger partial charge in [-0.25, -0.2) is 4.98 Å². The van der Waals surface area contributed by atoms with E-state index in [9.17, 15) is 0 Å². The Morgan fingerprint density at radius 3 is 2.48 bits per heavy atom. The molecule has 4 rings (SSSR count).